The Kier molecular flexibility index (Phi) is 5.38. The molecular weight excluding hydrogens is 232 g/mol. The smallest absolute Gasteiger partial charge is 0.213 e. The van der Waals surface area contributed by atoms with Crippen LogP contribution in [0.4, 0.5) is 0 Å². The Morgan fingerprint density at radius 2 is 2.33 bits per heavy atom. The van der Waals surface area contributed by atoms with E-state index in [-0.39, 0.29) is 17.8 Å². The molecule has 2 atom stereocenters. The van der Waals surface area contributed by atoms with Gasteiger partial charge in [0, 0.05) is 17.8 Å². The van der Waals surface area contributed by atoms with Crippen LogP contribution in [0.25, 0.3) is 0 Å². The zero-order valence-electron chi connectivity index (χ0n) is 9.32. The molecule has 0 aromatic rings. The van der Waals surface area contributed by atoms with Gasteiger partial charge >= 0.3 is 0 Å². The van der Waals surface area contributed by atoms with Crippen molar-refractivity contribution in [3.63, 3.8) is 0 Å². The van der Waals surface area contributed by atoms with E-state index in [0.29, 0.717) is 0 Å². The van der Waals surface area contributed by atoms with Crippen molar-refractivity contribution < 1.29 is 8.42 Å². The van der Waals surface area contributed by atoms with Gasteiger partial charge in [-0.25, -0.2) is 13.1 Å². The highest BCUT2D eigenvalue weighted by atomic mass is 32.2. The second kappa shape index (κ2) is 6.08. The van der Waals surface area contributed by atoms with Crippen LogP contribution < -0.4 is 10.0 Å². The molecule has 0 bridgehead atoms. The van der Waals surface area contributed by atoms with E-state index in [4.69, 9.17) is 0 Å². The zero-order valence-corrected chi connectivity index (χ0v) is 11.0. The van der Waals surface area contributed by atoms with Crippen molar-refractivity contribution in [2.45, 2.75) is 31.8 Å². The fourth-order valence-corrected chi connectivity index (χ4v) is 4.10. The minimum absolute atomic E-state index is 0.0198. The molecular formula is C9H20N2O2S2. The average molecular weight is 252 g/mol. The first kappa shape index (κ1) is 13.3. The fourth-order valence-electron chi connectivity index (χ4n) is 1.80. The van der Waals surface area contributed by atoms with Gasteiger partial charge in [-0.3, -0.25) is 0 Å². The van der Waals surface area contributed by atoms with Crippen molar-refractivity contribution in [1.29, 1.82) is 0 Å². The van der Waals surface area contributed by atoms with Gasteiger partial charge in [0.25, 0.3) is 0 Å². The van der Waals surface area contributed by atoms with E-state index in [1.807, 2.05) is 13.2 Å². The van der Waals surface area contributed by atoms with E-state index < -0.39 is 10.0 Å². The van der Waals surface area contributed by atoms with Crippen LogP contribution in [0.5, 0.6) is 0 Å². The predicted octanol–water partition coefficient (Wildman–Crippen LogP) is 0.409. The molecule has 90 valence electrons. The van der Waals surface area contributed by atoms with Crippen molar-refractivity contribution in [3.8, 4) is 0 Å². The molecule has 6 heteroatoms. The Morgan fingerprint density at radius 1 is 1.60 bits per heavy atom. The first-order chi connectivity index (χ1) is 7.03. The molecule has 1 aliphatic heterocycles. The number of rotatable bonds is 6. The lowest BCUT2D eigenvalue weighted by molar-refractivity contribution is 0.554. The fraction of sp³-hybridized carbons (Fsp3) is 1.00. The highest BCUT2D eigenvalue weighted by molar-refractivity contribution is 7.98. The van der Waals surface area contributed by atoms with Gasteiger partial charge in [0.05, 0.1) is 5.75 Å². The minimum atomic E-state index is -3.11. The lowest BCUT2D eigenvalue weighted by Crippen LogP contribution is -2.41. The summed E-state index contributed by atoms with van der Waals surface area (Å²) in [4.78, 5) is 0. The van der Waals surface area contributed by atoms with Crippen molar-refractivity contribution in [3.05, 3.63) is 0 Å². The van der Waals surface area contributed by atoms with Crippen LogP contribution in [0.3, 0.4) is 0 Å². The Labute approximate surface area is 96.6 Å². The highest BCUT2D eigenvalue weighted by Gasteiger charge is 2.22. The molecule has 1 aliphatic rings. The Bertz CT molecular complexity index is 274. The number of thioether (sulfide) groups is 1. The van der Waals surface area contributed by atoms with Crippen molar-refractivity contribution in [2.75, 3.05) is 24.3 Å². The average Bonchev–Trinajstić information content (AvgIpc) is 2.54. The van der Waals surface area contributed by atoms with Crippen LogP contribution in [0.1, 0.15) is 19.8 Å². The summed E-state index contributed by atoms with van der Waals surface area (Å²) in [6.45, 7) is 2.84. The summed E-state index contributed by atoms with van der Waals surface area (Å²) >= 11 is 1.65. The number of hydrogen-bond donors (Lipinski definition) is 2. The standard InChI is InChI=1S/C9H20N2O2S2/c1-8(6-14-2)11-15(12,13)7-9-4-3-5-10-9/h8-11H,3-7H2,1-2H3. The lowest BCUT2D eigenvalue weighted by Gasteiger charge is -2.15. The third-order valence-electron chi connectivity index (χ3n) is 2.38. The molecule has 1 saturated heterocycles. The van der Waals surface area contributed by atoms with Crippen molar-refractivity contribution in [2.24, 2.45) is 0 Å². The van der Waals surface area contributed by atoms with Crippen molar-refractivity contribution in [1.82, 2.24) is 10.0 Å². The summed E-state index contributed by atoms with van der Waals surface area (Å²) in [5, 5.41) is 3.19. The molecule has 0 aromatic carbocycles. The molecule has 4 nitrogen and oxygen atoms in total. The summed E-state index contributed by atoms with van der Waals surface area (Å²) in [5.74, 6) is 1.03. The van der Waals surface area contributed by atoms with Gasteiger partial charge in [0.15, 0.2) is 0 Å². The molecule has 0 radical (unpaired) electrons. The van der Waals surface area contributed by atoms with Crippen molar-refractivity contribution >= 4 is 21.8 Å². The van der Waals surface area contributed by atoms with Crippen LogP contribution in [0.2, 0.25) is 0 Å². The first-order valence-electron chi connectivity index (χ1n) is 5.26. The number of hydrogen-bond acceptors (Lipinski definition) is 4. The van der Waals surface area contributed by atoms with Crippen LogP contribution in [-0.4, -0.2) is 44.8 Å². The molecule has 0 aromatic heterocycles. The molecule has 2 N–H and O–H groups in total. The van der Waals surface area contributed by atoms with E-state index in [0.717, 1.165) is 25.1 Å². The van der Waals surface area contributed by atoms with E-state index in [1.54, 1.807) is 11.8 Å². The summed E-state index contributed by atoms with van der Waals surface area (Å²) in [5.41, 5.74) is 0. The Morgan fingerprint density at radius 3 is 2.87 bits per heavy atom. The van der Waals surface area contributed by atoms with Gasteiger partial charge in [-0.05, 0) is 32.6 Å². The van der Waals surface area contributed by atoms with Crippen LogP contribution in [-0.2, 0) is 10.0 Å². The third kappa shape index (κ3) is 5.19. The molecule has 0 amide bonds. The maximum atomic E-state index is 11.7. The summed E-state index contributed by atoms with van der Waals surface area (Å²) in [6.07, 6.45) is 4.03. The summed E-state index contributed by atoms with van der Waals surface area (Å²) in [7, 11) is -3.11. The van der Waals surface area contributed by atoms with Gasteiger partial charge in [-0.15, -0.1) is 0 Å². The molecule has 1 fully saturated rings. The Hall–Kier alpha value is 0.220. The normalized spacial score (nSPS) is 24.3. The topological polar surface area (TPSA) is 58.2 Å². The van der Waals surface area contributed by atoms with Gasteiger partial charge in [-0.1, -0.05) is 0 Å². The quantitative estimate of drug-likeness (QED) is 0.719. The van der Waals surface area contributed by atoms with Gasteiger partial charge in [0.1, 0.15) is 0 Å². The largest absolute Gasteiger partial charge is 0.313 e. The monoisotopic (exact) mass is 252 g/mol. The van der Waals surface area contributed by atoms with Gasteiger partial charge < -0.3 is 5.32 Å². The first-order valence-corrected chi connectivity index (χ1v) is 8.30. The molecule has 0 spiro atoms. The van der Waals surface area contributed by atoms with E-state index in [9.17, 15) is 8.42 Å². The molecule has 0 aliphatic carbocycles. The van der Waals surface area contributed by atoms with E-state index >= 15 is 0 Å². The molecule has 0 saturated carbocycles. The van der Waals surface area contributed by atoms with E-state index in [1.165, 1.54) is 0 Å². The summed E-state index contributed by atoms with van der Waals surface area (Å²) in [6, 6.07) is 0.162. The highest BCUT2D eigenvalue weighted by Crippen LogP contribution is 2.07. The SMILES string of the molecule is CSCC(C)NS(=O)(=O)CC1CCCN1. The van der Waals surface area contributed by atoms with Crippen LogP contribution >= 0.6 is 11.8 Å². The predicted molar refractivity (Wildman–Crippen MR) is 65.8 cm³/mol. The second-order valence-electron chi connectivity index (χ2n) is 4.05. The lowest BCUT2D eigenvalue weighted by atomic mass is 10.3. The zero-order chi connectivity index (χ0) is 11.3. The number of sulfonamides is 1. The molecule has 1 heterocycles. The maximum absolute atomic E-state index is 11.7. The van der Waals surface area contributed by atoms with Gasteiger partial charge in [0.2, 0.25) is 10.0 Å². The molecule has 2 unspecified atom stereocenters. The Balaban J connectivity index is 2.37. The van der Waals surface area contributed by atoms with Gasteiger partial charge in [-0.2, -0.15) is 11.8 Å². The maximum Gasteiger partial charge on any atom is 0.213 e. The third-order valence-corrected chi connectivity index (χ3v) is 4.82. The summed E-state index contributed by atoms with van der Waals surface area (Å²) < 4.78 is 26.1. The minimum Gasteiger partial charge on any atom is -0.313 e. The van der Waals surface area contributed by atoms with Crippen LogP contribution in [0.15, 0.2) is 0 Å². The molecule has 1 rings (SSSR count). The van der Waals surface area contributed by atoms with E-state index in [2.05, 4.69) is 10.0 Å². The second-order valence-corrected chi connectivity index (χ2v) is 6.76. The molecule has 15 heavy (non-hydrogen) atoms. The number of nitrogens with one attached hydrogen (secondary N) is 2. The van der Waals surface area contributed by atoms with Crippen LogP contribution in [0, 0.1) is 0 Å².